The monoisotopic (exact) mass is 251 g/mol. The Morgan fingerprint density at radius 1 is 1.28 bits per heavy atom. The van der Waals surface area contributed by atoms with Gasteiger partial charge in [-0.15, -0.1) is 0 Å². The second-order valence-electron chi connectivity index (χ2n) is 5.16. The summed E-state index contributed by atoms with van der Waals surface area (Å²) >= 11 is 0. The summed E-state index contributed by atoms with van der Waals surface area (Å²) in [6.45, 7) is 12.3. The van der Waals surface area contributed by atoms with Crippen molar-refractivity contribution in [3.8, 4) is 5.88 Å². The van der Waals surface area contributed by atoms with Crippen molar-refractivity contribution in [3.05, 3.63) is 17.8 Å². The SMILES string of the molecule is Cc1cc(N)cnc1OCCN(C(C)C)C(C)C. The van der Waals surface area contributed by atoms with Crippen LogP contribution in [0.5, 0.6) is 5.88 Å². The van der Waals surface area contributed by atoms with E-state index in [9.17, 15) is 0 Å². The van der Waals surface area contributed by atoms with Crippen LogP contribution in [0.2, 0.25) is 0 Å². The maximum Gasteiger partial charge on any atom is 0.216 e. The Bertz CT molecular complexity index is 369. The Hall–Kier alpha value is -1.29. The summed E-state index contributed by atoms with van der Waals surface area (Å²) < 4.78 is 5.71. The van der Waals surface area contributed by atoms with Crippen molar-refractivity contribution < 1.29 is 4.74 Å². The second kappa shape index (κ2) is 6.59. The van der Waals surface area contributed by atoms with Gasteiger partial charge >= 0.3 is 0 Å². The van der Waals surface area contributed by atoms with Crippen LogP contribution in [0.3, 0.4) is 0 Å². The molecule has 0 fully saturated rings. The molecule has 4 heteroatoms. The maximum atomic E-state index is 5.71. The predicted molar refractivity (Wildman–Crippen MR) is 75.9 cm³/mol. The number of nitrogen functional groups attached to an aromatic ring is 1. The van der Waals surface area contributed by atoms with Crippen LogP contribution in [0.15, 0.2) is 12.3 Å². The molecule has 0 unspecified atom stereocenters. The highest BCUT2D eigenvalue weighted by molar-refractivity contribution is 5.41. The van der Waals surface area contributed by atoms with Crippen LogP contribution in [0.1, 0.15) is 33.3 Å². The fourth-order valence-corrected chi connectivity index (χ4v) is 2.10. The zero-order valence-corrected chi connectivity index (χ0v) is 12.1. The standard InChI is InChI=1S/C14H25N3O/c1-10(2)17(11(3)4)6-7-18-14-12(5)8-13(15)9-16-14/h8-11H,6-7,15H2,1-5H3. The number of aromatic nitrogens is 1. The molecular weight excluding hydrogens is 226 g/mol. The van der Waals surface area contributed by atoms with E-state index >= 15 is 0 Å². The van der Waals surface area contributed by atoms with E-state index in [-0.39, 0.29) is 0 Å². The second-order valence-corrected chi connectivity index (χ2v) is 5.16. The topological polar surface area (TPSA) is 51.4 Å². The average Bonchev–Trinajstić information content (AvgIpc) is 2.25. The summed E-state index contributed by atoms with van der Waals surface area (Å²) in [6, 6.07) is 2.92. The highest BCUT2D eigenvalue weighted by atomic mass is 16.5. The lowest BCUT2D eigenvalue weighted by Crippen LogP contribution is -2.39. The molecule has 0 atom stereocenters. The average molecular weight is 251 g/mol. The Morgan fingerprint density at radius 3 is 2.39 bits per heavy atom. The molecule has 0 saturated carbocycles. The van der Waals surface area contributed by atoms with Gasteiger partial charge in [-0.3, -0.25) is 4.90 Å². The number of anilines is 1. The van der Waals surface area contributed by atoms with Gasteiger partial charge in [-0.2, -0.15) is 0 Å². The molecule has 2 N–H and O–H groups in total. The van der Waals surface area contributed by atoms with Crippen molar-refractivity contribution in [1.29, 1.82) is 0 Å². The van der Waals surface area contributed by atoms with E-state index < -0.39 is 0 Å². The first-order chi connectivity index (χ1) is 8.41. The Balaban J connectivity index is 2.50. The quantitative estimate of drug-likeness (QED) is 0.844. The molecule has 0 aliphatic carbocycles. The van der Waals surface area contributed by atoms with Gasteiger partial charge in [-0.25, -0.2) is 4.98 Å². The molecular formula is C14H25N3O. The molecule has 0 radical (unpaired) electrons. The fourth-order valence-electron chi connectivity index (χ4n) is 2.10. The predicted octanol–water partition coefficient (Wildman–Crippen LogP) is 2.47. The van der Waals surface area contributed by atoms with Crippen LogP contribution < -0.4 is 10.5 Å². The van der Waals surface area contributed by atoms with Crippen molar-refractivity contribution >= 4 is 5.69 Å². The minimum Gasteiger partial charge on any atom is -0.476 e. The molecule has 1 aromatic rings. The van der Waals surface area contributed by atoms with Gasteiger partial charge in [-0.1, -0.05) is 0 Å². The summed E-state index contributed by atoms with van der Waals surface area (Å²) in [5, 5.41) is 0. The fraction of sp³-hybridized carbons (Fsp3) is 0.643. The highest BCUT2D eigenvalue weighted by Gasteiger charge is 2.13. The number of rotatable bonds is 6. The summed E-state index contributed by atoms with van der Waals surface area (Å²) in [7, 11) is 0. The third-order valence-electron chi connectivity index (χ3n) is 2.97. The van der Waals surface area contributed by atoms with E-state index in [4.69, 9.17) is 10.5 Å². The first kappa shape index (κ1) is 14.8. The molecule has 1 aromatic heterocycles. The van der Waals surface area contributed by atoms with Gasteiger partial charge in [0.25, 0.3) is 0 Å². The van der Waals surface area contributed by atoms with Crippen molar-refractivity contribution in [1.82, 2.24) is 9.88 Å². The van der Waals surface area contributed by atoms with Crippen LogP contribution >= 0.6 is 0 Å². The van der Waals surface area contributed by atoms with Crippen LogP contribution in [0.4, 0.5) is 5.69 Å². The third kappa shape index (κ3) is 4.18. The van der Waals surface area contributed by atoms with Gasteiger partial charge in [0.15, 0.2) is 0 Å². The summed E-state index contributed by atoms with van der Waals surface area (Å²) in [5.74, 6) is 0.677. The van der Waals surface area contributed by atoms with E-state index in [1.807, 2.05) is 13.0 Å². The van der Waals surface area contributed by atoms with Gasteiger partial charge in [0, 0.05) is 24.2 Å². The molecule has 0 bridgehead atoms. The van der Waals surface area contributed by atoms with Gasteiger partial charge < -0.3 is 10.5 Å². The number of pyridine rings is 1. The smallest absolute Gasteiger partial charge is 0.216 e. The molecule has 0 aliphatic rings. The molecule has 0 aromatic carbocycles. The molecule has 0 spiro atoms. The molecule has 4 nitrogen and oxygen atoms in total. The number of aryl methyl sites for hydroxylation is 1. The van der Waals surface area contributed by atoms with Gasteiger partial charge in [0.1, 0.15) is 6.61 Å². The van der Waals surface area contributed by atoms with Crippen molar-refractivity contribution in [2.75, 3.05) is 18.9 Å². The van der Waals surface area contributed by atoms with Crippen molar-refractivity contribution in [2.24, 2.45) is 0 Å². The number of ether oxygens (including phenoxy) is 1. The molecule has 0 amide bonds. The van der Waals surface area contributed by atoms with Crippen LogP contribution in [-0.2, 0) is 0 Å². The number of hydrogen-bond donors (Lipinski definition) is 1. The van der Waals surface area contributed by atoms with Crippen LogP contribution in [0.25, 0.3) is 0 Å². The summed E-state index contributed by atoms with van der Waals surface area (Å²) in [6.07, 6.45) is 1.63. The van der Waals surface area contributed by atoms with Crippen LogP contribution in [0, 0.1) is 6.92 Å². The first-order valence-electron chi connectivity index (χ1n) is 6.52. The highest BCUT2D eigenvalue weighted by Crippen LogP contribution is 2.16. The molecule has 1 rings (SSSR count). The normalized spacial score (nSPS) is 11.6. The summed E-state index contributed by atoms with van der Waals surface area (Å²) in [5.41, 5.74) is 7.31. The van der Waals surface area contributed by atoms with Crippen molar-refractivity contribution in [3.63, 3.8) is 0 Å². The van der Waals surface area contributed by atoms with E-state index in [1.165, 1.54) is 0 Å². The number of hydrogen-bond acceptors (Lipinski definition) is 4. The zero-order chi connectivity index (χ0) is 13.7. The molecule has 18 heavy (non-hydrogen) atoms. The lowest BCUT2D eigenvalue weighted by atomic mass is 10.2. The van der Waals surface area contributed by atoms with Gasteiger partial charge in [0.2, 0.25) is 5.88 Å². The lowest BCUT2D eigenvalue weighted by molar-refractivity contribution is 0.140. The zero-order valence-electron chi connectivity index (χ0n) is 12.1. The number of nitrogens with zero attached hydrogens (tertiary/aromatic N) is 2. The van der Waals surface area contributed by atoms with E-state index in [1.54, 1.807) is 6.20 Å². The van der Waals surface area contributed by atoms with Gasteiger partial charge in [0.05, 0.1) is 11.9 Å². The van der Waals surface area contributed by atoms with Gasteiger partial charge in [-0.05, 0) is 40.7 Å². The first-order valence-corrected chi connectivity index (χ1v) is 6.52. The number of nitrogens with two attached hydrogens (primary N) is 1. The third-order valence-corrected chi connectivity index (χ3v) is 2.97. The Morgan fingerprint density at radius 2 is 1.89 bits per heavy atom. The summed E-state index contributed by atoms with van der Waals surface area (Å²) in [4.78, 5) is 6.59. The van der Waals surface area contributed by atoms with E-state index in [0.717, 1.165) is 12.1 Å². The lowest BCUT2D eigenvalue weighted by Gasteiger charge is -2.30. The maximum absolute atomic E-state index is 5.71. The molecule has 0 aliphatic heterocycles. The molecule has 0 saturated heterocycles. The molecule has 102 valence electrons. The van der Waals surface area contributed by atoms with Crippen molar-refractivity contribution in [2.45, 2.75) is 46.7 Å². The largest absolute Gasteiger partial charge is 0.476 e. The van der Waals surface area contributed by atoms with E-state index in [0.29, 0.717) is 30.3 Å². The Kier molecular flexibility index (Phi) is 5.41. The Labute approximate surface area is 110 Å². The van der Waals surface area contributed by atoms with Crippen LogP contribution in [-0.4, -0.2) is 35.1 Å². The van der Waals surface area contributed by atoms with E-state index in [2.05, 4.69) is 37.6 Å². The molecule has 1 heterocycles. The minimum absolute atomic E-state index is 0.522. The minimum atomic E-state index is 0.522.